The van der Waals surface area contributed by atoms with E-state index in [2.05, 4.69) is 147 Å². The molecule has 9 rings (SSSR count). The molecular weight excluding hydrogens is 1910 g/mol. The number of hydrogen-bond acceptors (Lipinski definition) is 30. The van der Waals surface area contributed by atoms with Gasteiger partial charge < -0.3 is 105 Å². The number of aromatic amines is 3. The van der Waals surface area contributed by atoms with Crippen molar-refractivity contribution in [3.05, 3.63) is 170 Å². The summed E-state index contributed by atoms with van der Waals surface area (Å²) in [7, 11) is 0. The number of Topliss-reactive ketones (excluding diaryl/α,β-unsaturated/α-hetero) is 2. The highest BCUT2D eigenvalue weighted by molar-refractivity contribution is 14.1. The van der Waals surface area contributed by atoms with E-state index in [4.69, 9.17) is 11.6 Å². The molecule has 1 aliphatic heterocycles. The number of anilines is 2. The highest BCUT2D eigenvalue weighted by atomic mass is 127. The number of carbonyl (C=O) groups excluding carboxylic acids is 14. The zero-order valence-corrected chi connectivity index (χ0v) is 77.9. The Morgan fingerprint density at radius 1 is 0.638 bits per heavy atom. The van der Waals surface area contributed by atoms with Crippen LogP contribution in [0.2, 0.25) is 0 Å². The Kier molecular flexibility index (Phi) is 42.7. The number of benzene rings is 3. The molecule has 0 saturated carbocycles. The van der Waals surface area contributed by atoms with E-state index < -0.39 is 231 Å². The van der Waals surface area contributed by atoms with Crippen molar-refractivity contribution in [3.63, 3.8) is 0 Å². The molecule has 12 atom stereocenters. The lowest BCUT2D eigenvalue weighted by atomic mass is 9.90. The fraction of sp³-hybridized carbons (Fsp3) is 0.461. The Bertz CT molecular complexity index is 5540. The quantitative estimate of drug-likeness (QED) is 0.0109. The van der Waals surface area contributed by atoms with Crippen molar-refractivity contribution in [2.75, 3.05) is 43.9 Å². The van der Waals surface area contributed by atoms with Gasteiger partial charge in [0, 0.05) is 121 Å². The molecule has 2 bridgehead atoms. The number of H-pyrrole nitrogens is 3. The number of carboxylic acids is 2. The molecule has 138 heavy (non-hydrogen) atoms. The van der Waals surface area contributed by atoms with Crippen molar-refractivity contribution in [1.29, 1.82) is 0 Å². The number of nitrogen functional groups attached to an aromatic ring is 1. The number of carbonyl (C=O) groups is 16. The SMILES string of the molecule is C[C@H](O)[C@H]1NC(=O)[C@@H](Cc2cnc[nH]2)NC(=O)[C@@H](CO)NC(=O)[C@@H](Cc2cnc[nH]2)NC(=O)[C@@H](NC(=O)CC[C@H](NC(=O)c2ccc(NCc3cnc4nc(N)[nH]c(=O)c4n3)cc2)C(=O)O)Cc2cn(nn2)CCCC[C@@H](C(=O)C[C@@H](CCCCNC(=O)CCCc2ccc(I)cc2)C(=O)NCC(=O)C[C@@H](Cc2ccccc2)C(=O)N[C@@H](CCCCNC(=O)CON)C(=O)O)NC(=O)[C@@H](C)NC1=O. The summed E-state index contributed by atoms with van der Waals surface area (Å²) in [5.74, 6) is -12.7. The summed E-state index contributed by atoms with van der Waals surface area (Å²) in [6, 6.07) is 7.17. The number of amides is 12. The van der Waals surface area contributed by atoms with Crippen LogP contribution in [0.3, 0.4) is 0 Å². The van der Waals surface area contributed by atoms with Crippen LogP contribution < -0.4 is 86.3 Å². The molecule has 5 aromatic heterocycles. The van der Waals surface area contributed by atoms with Gasteiger partial charge in [-0.15, -0.1) is 5.10 Å². The maximum atomic E-state index is 15.2. The molecule has 0 unspecified atom stereocenters. The Hall–Kier alpha value is -14.5. The second-order valence-corrected chi connectivity index (χ2v) is 34.4. The largest absolute Gasteiger partial charge is 0.480 e. The zero-order chi connectivity index (χ0) is 99.7. The fourth-order valence-electron chi connectivity index (χ4n) is 14.8. The van der Waals surface area contributed by atoms with Crippen molar-refractivity contribution in [1.82, 2.24) is 119 Å². The van der Waals surface area contributed by atoms with Crippen LogP contribution >= 0.6 is 22.6 Å². The molecule has 12 amide bonds. The number of unbranched alkanes of at least 4 members (excludes halogenated alkanes) is 2. The third-order valence-corrected chi connectivity index (χ3v) is 23.0. The number of aliphatic hydroxyl groups is 2. The minimum atomic E-state index is -1.92. The van der Waals surface area contributed by atoms with E-state index in [1.54, 1.807) is 30.3 Å². The summed E-state index contributed by atoms with van der Waals surface area (Å²) in [5, 5.41) is 84.7. The Morgan fingerprint density at radius 2 is 1.28 bits per heavy atom. The molecule has 49 heteroatoms. The van der Waals surface area contributed by atoms with E-state index in [1.807, 2.05) is 24.3 Å². The molecule has 48 nitrogen and oxygen atoms in total. The van der Waals surface area contributed by atoms with Crippen LogP contribution in [-0.2, 0) is 122 Å². The lowest BCUT2D eigenvalue weighted by Crippen LogP contribution is -2.62. The normalized spacial score (nSPS) is 18.2. The molecule has 24 N–H and O–H groups in total. The maximum absolute atomic E-state index is 15.2. The summed E-state index contributed by atoms with van der Waals surface area (Å²) in [4.78, 5) is 269. The van der Waals surface area contributed by atoms with Crippen molar-refractivity contribution in [2.45, 2.75) is 216 Å². The third kappa shape index (κ3) is 35.7. The van der Waals surface area contributed by atoms with E-state index >= 15 is 4.79 Å². The number of carboxylic acid groups (broad SMARTS) is 2. The zero-order valence-electron chi connectivity index (χ0n) is 75.7. The van der Waals surface area contributed by atoms with Crippen LogP contribution in [0, 0.1) is 15.4 Å². The van der Waals surface area contributed by atoms with Crippen molar-refractivity contribution in [2.24, 2.45) is 17.7 Å². The summed E-state index contributed by atoms with van der Waals surface area (Å²) in [5.41, 5.74) is 8.01. The van der Waals surface area contributed by atoms with Gasteiger partial charge in [-0.1, -0.05) is 54.1 Å². The number of hydrogen-bond donors (Lipinski definition) is 22. The number of fused-ring (bicyclic) bond motifs is 3. The van der Waals surface area contributed by atoms with Crippen LogP contribution in [0.15, 0.2) is 121 Å². The number of ketones is 2. The first kappa shape index (κ1) is 107. The first-order valence-electron chi connectivity index (χ1n) is 44.8. The molecular formula is C89H115IN26O22. The molecule has 0 radical (unpaired) electrons. The van der Waals surface area contributed by atoms with E-state index in [1.165, 1.54) is 73.3 Å². The number of aryl methyl sites for hydroxylation is 2. The van der Waals surface area contributed by atoms with Gasteiger partial charge in [-0.25, -0.2) is 35.4 Å². The first-order chi connectivity index (χ1) is 66.2. The van der Waals surface area contributed by atoms with Crippen LogP contribution in [0.4, 0.5) is 11.6 Å². The number of aliphatic hydroxyl groups excluding tert-OH is 2. The summed E-state index contributed by atoms with van der Waals surface area (Å²) in [6.07, 6.45) is 4.97. The van der Waals surface area contributed by atoms with Gasteiger partial charge >= 0.3 is 11.9 Å². The average molecular weight is 2030 g/mol. The van der Waals surface area contributed by atoms with E-state index in [9.17, 15) is 97.1 Å². The average Bonchev–Trinajstić information content (AvgIpc) is 0.974. The Morgan fingerprint density at radius 3 is 1.93 bits per heavy atom. The molecule has 8 aromatic rings. The predicted molar refractivity (Wildman–Crippen MR) is 499 cm³/mol. The highest BCUT2D eigenvalue weighted by Crippen LogP contribution is 2.22. The monoisotopic (exact) mass is 2030 g/mol. The first-order valence-corrected chi connectivity index (χ1v) is 45.9. The topological polar surface area (TPSA) is 731 Å². The highest BCUT2D eigenvalue weighted by Gasteiger charge is 2.38. The minimum Gasteiger partial charge on any atom is -0.480 e. The van der Waals surface area contributed by atoms with Crippen LogP contribution in [0.25, 0.3) is 11.2 Å². The van der Waals surface area contributed by atoms with E-state index in [0.717, 1.165) is 16.1 Å². The molecule has 1 aliphatic rings. The fourth-order valence-corrected chi connectivity index (χ4v) is 15.1. The smallest absolute Gasteiger partial charge is 0.326 e. The summed E-state index contributed by atoms with van der Waals surface area (Å²) >= 11 is 2.20. The number of aliphatic carboxylic acids is 2. The van der Waals surface area contributed by atoms with Gasteiger partial charge in [0.25, 0.3) is 11.5 Å². The number of aromatic nitrogens is 11. The second-order valence-electron chi connectivity index (χ2n) is 33.2. The van der Waals surface area contributed by atoms with Gasteiger partial charge in [0.2, 0.25) is 70.9 Å². The number of halogens is 1. The van der Waals surface area contributed by atoms with Gasteiger partial charge in [0.15, 0.2) is 22.7 Å². The van der Waals surface area contributed by atoms with E-state index in [-0.39, 0.29) is 130 Å². The van der Waals surface area contributed by atoms with Gasteiger partial charge in [-0.05, 0) is 161 Å². The van der Waals surface area contributed by atoms with Gasteiger partial charge in [0.05, 0.1) is 62.1 Å². The van der Waals surface area contributed by atoms with Crippen molar-refractivity contribution < 1.29 is 102 Å². The summed E-state index contributed by atoms with van der Waals surface area (Å²) in [6.45, 7) is 0.547. The van der Waals surface area contributed by atoms with Crippen molar-refractivity contribution >= 4 is 140 Å². The van der Waals surface area contributed by atoms with Crippen LogP contribution in [0.5, 0.6) is 0 Å². The van der Waals surface area contributed by atoms with Crippen molar-refractivity contribution in [3.8, 4) is 0 Å². The lowest BCUT2D eigenvalue weighted by molar-refractivity contribution is -0.143. The molecule has 0 saturated heterocycles. The Labute approximate surface area is 803 Å². The molecule has 740 valence electrons. The van der Waals surface area contributed by atoms with Gasteiger partial charge in [0.1, 0.15) is 54.9 Å². The van der Waals surface area contributed by atoms with Crippen LogP contribution in [0.1, 0.15) is 154 Å². The molecule has 0 spiro atoms. The Balaban J connectivity index is 0.957. The second kappa shape index (κ2) is 54.9. The van der Waals surface area contributed by atoms with Gasteiger partial charge in [-0.2, -0.15) is 4.98 Å². The summed E-state index contributed by atoms with van der Waals surface area (Å²) < 4.78 is 2.40. The van der Waals surface area contributed by atoms with Crippen LogP contribution in [-0.4, -0.2) is 263 Å². The minimum absolute atomic E-state index is 0.00750. The molecule has 6 heterocycles. The number of nitrogens with one attached hydrogen (secondary N) is 16. The van der Waals surface area contributed by atoms with E-state index in [0.29, 0.717) is 42.6 Å². The number of imidazole rings is 2. The molecule has 3 aromatic carbocycles. The molecule has 0 aliphatic carbocycles. The number of rotatable bonds is 45. The predicted octanol–water partition coefficient (Wildman–Crippen LogP) is -2.22. The third-order valence-electron chi connectivity index (χ3n) is 22.3. The van der Waals surface area contributed by atoms with Gasteiger partial charge in [-0.3, -0.25) is 86.4 Å². The number of nitrogens with two attached hydrogens (primary N) is 2. The lowest BCUT2D eigenvalue weighted by Gasteiger charge is -2.28. The maximum Gasteiger partial charge on any atom is 0.326 e. The number of nitrogens with zero attached hydrogens (tertiary/aromatic N) is 8. The molecule has 0 fully saturated rings. The standard InChI is InChI=1S/C89H115IN26O22/c1-49-77(124)105-63(70(120)35-54(16-6-9-30-95-71(121)19-12-15-51-20-24-56(90)25-21-51)78(125)99-43-62(119)34-55(33-52-13-4-3-5-14-52)80(127)106-64(87(134)135)18-7-10-31-96-73(123)46-138-92)17-8-11-32-116-44-60(114-115-116)38-66(104-72(122)29-28-65(88(136)137)107-79(126)53-22-26-57(27-23-53)97-41-61-42-98-76-75(103-61)86(133)113-89(91)112-76)81(128)108-67(36-58-39-93-47-100-58)82(129)110-69(45-117)84(131)109-68(37-59-40-94-48-101-59)83(130)111-74(50(2)118)85(132)102-49/h3-5,13-14,20-27,39-40,42,44,47-50,54-55,63-69,74,97,117-118H,6-12,15-19,28-38,41,43,45-46,92H2,1-2H3,(H,93,100)(H,94,101)(H,95,121)(H,96,123)(H,99,125)(H,102,132)(H,104,122)(H,105,124)(H,106,127)(H,107,126)(H,108,128)(H,109,131)(H,110,129)(H,111,130)(H,134,135)(H,136,137)(H3,91,98,112,113,133)/t49-,50+,54-,55-,63+,64+,65+,66+,67-,68-,69-,74-/m1/s1.